The highest BCUT2D eigenvalue weighted by Crippen LogP contribution is 2.38. The minimum atomic E-state index is -0.731. The van der Waals surface area contributed by atoms with Crippen molar-refractivity contribution in [1.82, 2.24) is 10.2 Å². The molecule has 2 fully saturated rings. The summed E-state index contributed by atoms with van der Waals surface area (Å²) in [5.74, 6) is 0.187. The van der Waals surface area contributed by atoms with Crippen LogP contribution < -0.4 is 10.1 Å². The first-order valence-corrected chi connectivity index (χ1v) is 8.05. The van der Waals surface area contributed by atoms with Crippen molar-refractivity contribution in [3.05, 3.63) is 30.1 Å². The average Bonchev–Trinajstić information content (AvgIpc) is 2.77. The number of ether oxygens (including phenoxy) is 1. The molecule has 0 aromatic heterocycles. The number of hydrogen-bond donors (Lipinski definition) is 1. The minimum absolute atomic E-state index is 0.141. The first kappa shape index (κ1) is 15.8. The van der Waals surface area contributed by atoms with E-state index in [2.05, 4.69) is 5.32 Å². The molecule has 1 saturated heterocycles. The molecular weight excluding hydrogens is 299 g/mol. The SMILES string of the molecule is C[C@@H]1CCCC[C@@]12NC(=O)N(CCOc1ccc(F)cc1)C2=O. The van der Waals surface area contributed by atoms with Crippen LogP contribution in [-0.4, -0.2) is 35.5 Å². The maximum atomic E-state index is 12.8. The normalized spacial score (nSPS) is 27.4. The second kappa shape index (κ2) is 6.18. The number of urea groups is 1. The van der Waals surface area contributed by atoms with Gasteiger partial charge in [-0.2, -0.15) is 0 Å². The summed E-state index contributed by atoms with van der Waals surface area (Å²) in [5.41, 5.74) is -0.731. The van der Waals surface area contributed by atoms with Gasteiger partial charge in [0.2, 0.25) is 0 Å². The van der Waals surface area contributed by atoms with Gasteiger partial charge in [-0.3, -0.25) is 9.69 Å². The van der Waals surface area contributed by atoms with Crippen LogP contribution in [0.3, 0.4) is 0 Å². The summed E-state index contributed by atoms with van der Waals surface area (Å²) in [5, 5.41) is 2.91. The molecule has 1 N–H and O–H groups in total. The van der Waals surface area contributed by atoms with Crippen LogP contribution in [-0.2, 0) is 4.79 Å². The van der Waals surface area contributed by atoms with Crippen molar-refractivity contribution < 1.29 is 18.7 Å². The molecule has 1 aliphatic carbocycles. The molecule has 3 rings (SSSR count). The molecule has 1 heterocycles. The molecule has 6 heteroatoms. The number of benzene rings is 1. The van der Waals surface area contributed by atoms with E-state index in [1.165, 1.54) is 29.2 Å². The Bertz CT molecular complexity index is 604. The Kier molecular flexibility index (Phi) is 4.24. The third-order valence-electron chi connectivity index (χ3n) is 4.90. The van der Waals surface area contributed by atoms with Crippen molar-refractivity contribution in [1.29, 1.82) is 0 Å². The fourth-order valence-corrected chi connectivity index (χ4v) is 3.48. The highest BCUT2D eigenvalue weighted by atomic mass is 19.1. The fraction of sp³-hybridized carbons (Fsp3) is 0.529. The van der Waals surface area contributed by atoms with Gasteiger partial charge in [0.15, 0.2) is 0 Å². The lowest BCUT2D eigenvalue weighted by atomic mass is 9.73. The van der Waals surface area contributed by atoms with Gasteiger partial charge >= 0.3 is 6.03 Å². The number of rotatable bonds is 4. The van der Waals surface area contributed by atoms with Crippen LogP contribution in [0.25, 0.3) is 0 Å². The molecule has 0 unspecified atom stereocenters. The standard InChI is InChI=1S/C17H21FN2O3/c1-12-4-2-3-9-17(12)15(21)20(16(22)19-17)10-11-23-14-7-5-13(18)6-8-14/h5-8,12H,2-4,9-11H2,1H3,(H,19,22)/t12-,17-/m1/s1. The van der Waals surface area contributed by atoms with E-state index in [4.69, 9.17) is 4.74 Å². The van der Waals surface area contributed by atoms with Crippen LogP contribution in [0.1, 0.15) is 32.6 Å². The monoisotopic (exact) mass is 320 g/mol. The van der Waals surface area contributed by atoms with Crippen molar-refractivity contribution >= 4 is 11.9 Å². The largest absolute Gasteiger partial charge is 0.492 e. The minimum Gasteiger partial charge on any atom is -0.492 e. The second-order valence-corrected chi connectivity index (χ2v) is 6.31. The van der Waals surface area contributed by atoms with Crippen LogP contribution in [0.2, 0.25) is 0 Å². The second-order valence-electron chi connectivity index (χ2n) is 6.31. The Morgan fingerprint density at radius 1 is 1.30 bits per heavy atom. The number of halogens is 1. The quantitative estimate of drug-likeness (QED) is 0.868. The van der Waals surface area contributed by atoms with Gasteiger partial charge in [0, 0.05) is 0 Å². The Labute approximate surface area is 134 Å². The molecule has 0 bridgehead atoms. The first-order valence-electron chi connectivity index (χ1n) is 8.05. The van der Waals surface area contributed by atoms with E-state index in [0.29, 0.717) is 12.2 Å². The van der Waals surface area contributed by atoms with Crippen molar-refractivity contribution in [2.45, 2.75) is 38.1 Å². The van der Waals surface area contributed by atoms with Gasteiger partial charge < -0.3 is 10.1 Å². The first-order chi connectivity index (χ1) is 11.0. The predicted octanol–water partition coefficient (Wildman–Crippen LogP) is 2.71. The highest BCUT2D eigenvalue weighted by Gasteiger charge is 2.54. The van der Waals surface area contributed by atoms with Crippen LogP contribution >= 0.6 is 0 Å². The van der Waals surface area contributed by atoms with Crippen molar-refractivity contribution in [2.75, 3.05) is 13.2 Å². The lowest BCUT2D eigenvalue weighted by molar-refractivity contribution is -0.134. The number of nitrogens with one attached hydrogen (secondary N) is 1. The Hall–Kier alpha value is -2.11. The number of nitrogens with zero attached hydrogens (tertiary/aromatic N) is 1. The predicted molar refractivity (Wildman–Crippen MR) is 82.5 cm³/mol. The lowest BCUT2D eigenvalue weighted by Gasteiger charge is -2.36. The summed E-state index contributed by atoms with van der Waals surface area (Å²) in [6.45, 7) is 2.40. The molecule has 2 aliphatic rings. The van der Waals surface area contributed by atoms with Crippen LogP contribution in [0.15, 0.2) is 24.3 Å². The maximum Gasteiger partial charge on any atom is 0.325 e. The van der Waals surface area contributed by atoms with Crippen LogP contribution in [0.5, 0.6) is 5.75 Å². The van der Waals surface area contributed by atoms with E-state index in [1.807, 2.05) is 6.92 Å². The van der Waals surface area contributed by atoms with Gasteiger partial charge in [-0.15, -0.1) is 0 Å². The summed E-state index contributed by atoms with van der Waals surface area (Å²) < 4.78 is 18.3. The molecule has 2 atom stereocenters. The molecule has 1 aromatic carbocycles. The summed E-state index contributed by atoms with van der Waals surface area (Å²) in [6, 6.07) is 5.31. The van der Waals surface area contributed by atoms with Crippen molar-refractivity contribution in [2.24, 2.45) is 5.92 Å². The summed E-state index contributed by atoms with van der Waals surface area (Å²) in [4.78, 5) is 26.1. The van der Waals surface area contributed by atoms with E-state index >= 15 is 0 Å². The fourth-order valence-electron chi connectivity index (χ4n) is 3.48. The molecule has 124 valence electrons. The molecule has 3 amide bonds. The lowest BCUT2D eigenvalue weighted by Crippen LogP contribution is -2.54. The van der Waals surface area contributed by atoms with Crippen molar-refractivity contribution in [3.8, 4) is 5.75 Å². The number of hydrogen-bond acceptors (Lipinski definition) is 3. The molecule has 1 aliphatic heterocycles. The third-order valence-corrected chi connectivity index (χ3v) is 4.90. The maximum absolute atomic E-state index is 12.8. The number of amides is 3. The Morgan fingerprint density at radius 3 is 2.74 bits per heavy atom. The van der Waals surface area contributed by atoms with E-state index in [9.17, 15) is 14.0 Å². The molecule has 23 heavy (non-hydrogen) atoms. The molecular formula is C17H21FN2O3. The van der Waals surface area contributed by atoms with Gasteiger partial charge in [-0.25, -0.2) is 9.18 Å². The zero-order valence-electron chi connectivity index (χ0n) is 13.2. The molecule has 1 spiro atoms. The Morgan fingerprint density at radius 2 is 2.04 bits per heavy atom. The zero-order chi connectivity index (χ0) is 16.4. The zero-order valence-corrected chi connectivity index (χ0v) is 13.2. The molecule has 5 nitrogen and oxygen atoms in total. The van der Waals surface area contributed by atoms with Gasteiger partial charge in [-0.05, 0) is 43.0 Å². The van der Waals surface area contributed by atoms with E-state index in [1.54, 1.807) is 0 Å². The smallest absolute Gasteiger partial charge is 0.325 e. The third kappa shape index (κ3) is 2.90. The van der Waals surface area contributed by atoms with Crippen molar-refractivity contribution in [3.63, 3.8) is 0 Å². The van der Waals surface area contributed by atoms with Gasteiger partial charge in [0.1, 0.15) is 23.7 Å². The summed E-state index contributed by atoms with van der Waals surface area (Å²) in [7, 11) is 0. The van der Waals surface area contributed by atoms with E-state index in [0.717, 1.165) is 19.3 Å². The van der Waals surface area contributed by atoms with E-state index < -0.39 is 5.54 Å². The topological polar surface area (TPSA) is 58.6 Å². The van der Waals surface area contributed by atoms with Gasteiger partial charge in [-0.1, -0.05) is 19.8 Å². The number of carbonyl (C=O) groups excluding carboxylic acids is 2. The van der Waals surface area contributed by atoms with Gasteiger partial charge in [0.25, 0.3) is 5.91 Å². The van der Waals surface area contributed by atoms with Crippen LogP contribution in [0, 0.1) is 11.7 Å². The highest BCUT2D eigenvalue weighted by molar-refractivity contribution is 6.07. The van der Waals surface area contributed by atoms with Gasteiger partial charge in [0.05, 0.1) is 6.54 Å². The number of carbonyl (C=O) groups is 2. The molecule has 1 aromatic rings. The van der Waals surface area contributed by atoms with E-state index in [-0.39, 0.29) is 36.8 Å². The molecule has 1 saturated carbocycles. The Balaban J connectivity index is 1.61. The number of imide groups is 1. The van der Waals surface area contributed by atoms with Crippen LogP contribution in [0.4, 0.5) is 9.18 Å². The summed E-state index contributed by atoms with van der Waals surface area (Å²) >= 11 is 0. The molecule has 0 radical (unpaired) electrons. The average molecular weight is 320 g/mol. The summed E-state index contributed by atoms with van der Waals surface area (Å²) in [6.07, 6.45) is 3.70.